The number of aryl methyl sites for hydroxylation is 1. The number of Topliss-reactive ketones (excluding diaryl/α,β-unsaturated/α-hetero) is 1. The molecule has 1 aliphatic carbocycles. The molecule has 0 saturated heterocycles. The van der Waals surface area contributed by atoms with Gasteiger partial charge in [-0.05, 0) is 69.9 Å². The number of carbonyl (C=O) groups is 1. The summed E-state index contributed by atoms with van der Waals surface area (Å²) in [4.78, 5) is 18.5. The molecular weight excluding hydrogens is 505 g/mol. The van der Waals surface area contributed by atoms with E-state index in [2.05, 4.69) is 79.7 Å². The summed E-state index contributed by atoms with van der Waals surface area (Å²) in [5, 5.41) is 11.0. The van der Waals surface area contributed by atoms with E-state index in [9.17, 15) is 9.90 Å². The van der Waals surface area contributed by atoms with Crippen LogP contribution in [0.3, 0.4) is 0 Å². The van der Waals surface area contributed by atoms with Crippen molar-refractivity contribution < 1.29 is 9.90 Å². The van der Waals surface area contributed by atoms with Gasteiger partial charge in [0.1, 0.15) is 5.76 Å². The van der Waals surface area contributed by atoms with Crippen LogP contribution in [0.2, 0.25) is 0 Å². The van der Waals surface area contributed by atoms with Crippen LogP contribution >= 0.6 is 23.1 Å². The van der Waals surface area contributed by atoms with Crippen molar-refractivity contribution in [3.63, 3.8) is 0 Å². The third-order valence-corrected chi connectivity index (χ3v) is 9.95. The number of hydrogen-bond donors (Lipinski definition) is 1. The minimum atomic E-state index is -0.0720. The number of unbranched alkanes of at least 4 members (excludes halogenated alkanes) is 4. The van der Waals surface area contributed by atoms with Crippen LogP contribution in [-0.4, -0.2) is 10.9 Å². The molecule has 4 heteroatoms. The number of ketones is 1. The van der Waals surface area contributed by atoms with Crippen molar-refractivity contribution in [3.8, 4) is 0 Å². The van der Waals surface area contributed by atoms with Gasteiger partial charge in [-0.2, -0.15) is 0 Å². The third kappa shape index (κ3) is 8.05. The van der Waals surface area contributed by atoms with Crippen molar-refractivity contribution in [2.75, 3.05) is 0 Å². The third-order valence-electron chi connectivity index (χ3n) is 6.89. The van der Waals surface area contributed by atoms with Gasteiger partial charge in [0.25, 0.3) is 0 Å². The Bertz CT molecular complexity index is 1190. The molecule has 2 heterocycles. The number of rotatable bonds is 10. The average molecular weight is 552 g/mol. The van der Waals surface area contributed by atoms with Crippen LogP contribution in [0.5, 0.6) is 0 Å². The highest BCUT2D eigenvalue weighted by Gasteiger charge is 2.34. The molecule has 0 saturated carbocycles. The number of carbonyl (C=O) groups excluding carboxylic acids is 1. The molecule has 0 bridgehead atoms. The second-order valence-corrected chi connectivity index (χ2v) is 15.0. The minimum Gasteiger partial charge on any atom is -0.506 e. The van der Waals surface area contributed by atoms with Crippen LogP contribution < -0.4 is 0 Å². The maximum atomic E-state index is 13.2. The van der Waals surface area contributed by atoms with Gasteiger partial charge < -0.3 is 5.11 Å². The average Bonchev–Trinajstić information content (AvgIpc) is 2.85. The quantitative estimate of drug-likeness (QED) is 0.178. The fourth-order valence-corrected chi connectivity index (χ4v) is 6.90. The summed E-state index contributed by atoms with van der Waals surface area (Å²) in [5.41, 5.74) is 2.92. The molecule has 1 aliphatic heterocycles. The van der Waals surface area contributed by atoms with Gasteiger partial charge in [-0.3, -0.25) is 4.79 Å². The molecule has 1 aromatic heterocycles. The smallest absolute Gasteiger partial charge is 0.219 e. The van der Waals surface area contributed by atoms with E-state index < -0.39 is 0 Å². The number of allylic oxidation sites excluding steroid dienone is 8. The van der Waals surface area contributed by atoms with E-state index in [4.69, 9.17) is 0 Å². The summed E-state index contributed by atoms with van der Waals surface area (Å²) in [7, 11) is 0. The lowest BCUT2D eigenvalue weighted by molar-refractivity contribution is -0.113. The van der Waals surface area contributed by atoms with Gasteiger partial charge in [0.15, 0.2) is 0 Å². The lowest BCUT2D eigenvalue weighted by atomic mass is 9.84. The molecule has 1 aromatic rings. The number of thioether (sulfide) groups is 1. The monoisotopic (exact) mass is 551 g/mol. The summed E-state index contributed by atoms with van der Waals surface area (Å²) in [6.45, 7) is 17.8. The lowest BCUT2D eigenvalue weighted by Crippen LogP contribution is -2.21. The van der Waals surface area contributed by atoms with Crippen molar-refractivity contribution in [1.82, 2.24) is 0 Å². The second kappa shape index (κ2) is 13.0. The molecule has 0 radical (unpaired) electrons. The summed E-state index contributed by atoms with van der Waals surface area (Å²) in [6.07, 6.45) is 17.4. The van der Waals surface area contributed by atoms with Crippen LogP contribution in [0.4, 0.5) is 0 Å². The van der Waals surface area contributed by atoms with E-state index >= 15 is 0 Å². The Morgan fingerprint density at radius 2 is 1.53 bits per heavy atom. The van der Waals surface area contributed by atoms with Gasteiger partial charge in [0.2, 0.25) is 26.9 Å². The van der Waals surface area contributed by atoms with E-state index in [-0.39, 0.29) is 22.4 Å². The number of hydrogen-bond acceptors (Lipinski definition) is 3. The Labute approximate surface area is 239 Å². The van der Waals surface area contributed by atoms with Crippen LogP contribution in [0.1, 0.15) is 116 Å². The van der Waals surface area contributed by atoms with E-state index in [1.165, 1.54) is 58.1 Å². The zero-order valence-corrected chi connectivity index (χ0v) is 26.4. The van der Waals surface area contributed by atoms with E-state index in [1.54, 1.807) is 0 Å². The molecule has 0 fully saturated rings. The number of aliphatic hydroxyl groups is 1. The second-order valence-electron chi connectivity index (χ2n) is 12.7. The molecule has 0 atom stereocenters. The summed E-state index contributed by atoms with van der Waals surface area (Å²) < 4.78 is 0. The predicted molar refractivity (Wildman–Crippen MR) is 169 cm³/mol. The summed E-state index contributed by atoms with van der Waals surface area (Å²) in [5.74, 6) is 0.0435. The van der Waals surface area contributed by atoms with Crippen molar-refractivity contribution in [2.45, 2.75) is 112 Å². The van der Waals surface area contributed by atoms with E-state index in [0.29, 0.717) is 11.1 Å². The Hall–Kier alpha value is -1.91. The number of aliphatic hydroxyl groups excluding tert-OH is 1. The Morgan fingerprint density at radius 1 is 0.868 bits per heavy atom. The first-order valence-electron chi connectivity index (χ1n) is 14.3. The summed E-state index contributed by atoms with van der Waals surface area (Å²) in [6, 6.07) is 4.38. The fourth-order valence-electron chi connectivity index (χ4n) is 4.45. The first kappa shape index (κ1) is 30.6. The normalized spacial score (nSPS) is 18.7. The molecule has 0 spiro atoms. The molecule has 0 amide bonds. The summed E-state index contributed by atoms with van der Waals surface area (Å²) >= 11 is 3.74. The largest absolute Gasteiger partial charge is 0.506 e. The Kier molecular flexibility index (Phi) is 10.4. The molecule has 3 rings (SSSR count). The standard InChI is InChI=1S/C34H46O2S2/c1-9-11-13-15-25-17-23(21-29(37-25)33(3,4)5)19-27-31(35)28(32(27)36)20-24-18-26(16-14-12-10-2)38-30(22-24)34(6,7)8/h17-22H,9-16H2,1-8H3/p+1. The Balaban J connectivity index is 1.94. The van der Waals surface area contributed by atoms with Gasteiger partial charge in [-0.15, -0.1) is 0 Å². The fraction of sp³-hybridized carbons (Fsp3) is 0.529. The van der Waals surface area contributed by atoms with Crippen molar-refractivity contribution in [1.29, 1.82) is 0 Å². The predicted octanol–water partition coefficient (Wildman–Crippen LogP) is 10.9. The maximum absolute atomic E-state index is 13.2. The van der Waals surface area contributed by atoms with Crippen LogP contribution in [-0.2, 0) is 16.6 Å². The highest BCUT2D eigenvalue weighted by molar-refractivity contribution is 8.06. The van der Waals surface area contributed by atoms with Gasteiger partial charge >= 0.3 is 0 Å². The minimum absolute atomic E-state index is 0.0348. The lowest BCUT2D eigenvalue weighted by Gasteiger charge is -2.27. The Morgan fingerprint density at radius 3 is 2.11 bits per heavy atom. The molecule has 1 N–H and O–H groups in total. The zero-order chi connectivity index (χ0) is 28.1. The van der Waals surface area contributed by atoms with Gasteiger partial charge in [0.05, 0.1) is 11.1 Å². The first-order valence-corrected chi connectivity index (χ1v) is 16.0. The molecule has 2 aliphatic rings. The molecule has 2 nitrogen and oxygen atoms in total. The van der Waals surface area contributed by atoms with Gasteiger partial charge in [-0.1, -0.05) is 92.8 Å². The van der Waals surface area contributed by atoms with E-state index in [0.717, 1.165) is 24.0 Å². The topological polar surface area (TPSA) is 37.3 Å². The van der Waals surface area contributed by atoms with E-state index in [1.807, 2.05) is 35.3 Å². The van der Waals surface area contributed by atoms with Crippen LogP contribution in [0.15, 0.2) is 62.6 Å². The zero-order valence-electron chi connectivity index (χ0n) is 24.8. The molecule has 0 unspecified atom stereocenters. The maximum Gasteiger partial charge on any atom is 0.219 e. The molecule has 38 heavy (non-hydrogen) atoms. The van der Waals surface area contributed by atoms with Gasteiger partial charge in [0, 0.05) is 24.0 Å². The van der Waals surface area contributed by atoms with Gasteiger partial charge in [-0.25, -0.2) is 0 Å². The van der Waals surface area contributed by atoms with Crippen LogP contribution in [0, 0.1) is 5.41 Å². The highest BCUT2D eigenvalue weighted by Crippen LogP contribution is 2.45. The molecule has 0 aromatic carbocycles. The molecule has 206 valence electrons. The van der Waals surface area contributed by atoms with Crippen molar-refractivity contribution >= 4 is 35.0 Å². The first-order chi connectivity index (χ1) is 17.8. The molecular formula is C34H47O2S2+. The van der Waals surface area contributed by atoms with Crippen molar-refractivity contribution in [2.24, 2.45) is 5.41 Å². The van der Waals surface area contributed by atoms with Crippen molar-refractivity contribution in [3.05, 3.63) is 78.0 Å². The van der Waals surface area contributed by atoms with Crippen LogP contribution in [0.25, 0.3) is 6.08 Å². The highest BCUT2D eigenvalue weighted by atomic mass is 32.2. The SMILES string of the molecule is CCCCCC1=C/C(=C/C2=C(O)C(=C/c3cc(CCCCC)[s+]c(C(C)(C)C)c3)/C2=O)C=C(C(C)(C)C)S1.